The van der Waals surface area contributed by atoms with Crippen LogP contribution in [0.3, 0.4) is 0 Å². The normalized spacial score (nSPS) is 11.7. The molecule has 0 aliphatic carbocycles. The summed E-state index contributed by atoms with van der Waals surface area (Å²) in [5, 5.41) is 5.94. The maximum Gasteiger partial charge on any atom is 0.242 e. The van der Waals surface area contributed by atoms with Gasteiger partial charge < -0.3 is 15.4 Å². The summed E-state index contributed by atoms with van der Waals surface area (Å²) in [5.41, 5.74) is 1.88. The zero-order valence-corrected chi connectivity index (χ0v) is 12.8. The van der Waals surface area contributed by atoms with E-state index in [0.717, 1.165) is 15.7 Å². The van der Waals surface area contributed by atoms with Gasteiger partial charge in [0.15, 0.2) is 0 Å². The number of nitrogens with one attached hydrogen (secondary N) is 2. The van der Waals surface area contributed by atoms with Gasteiger partial charge in [-0.3, -0.25) is 4.79 Å². The first kappa shape index (κ1) is 15.7. The van der Waals surface area contributed by atoms with Crippen LogP contribution in [0, 0.1) is 0 Å². The molecular formula is C14H19BrN2O2. The van der Waals surface area contributed by atoms with Crippen LogP contribution in [0.4, 0.5) is 5.69 Å². The molecule has 2 N–H and O–H groups in total. The number of anilines is 1. The van der Waals surface area contributed by atoms with E-state index in [9.17, 15) is 4.79 Å². The number of rotatable bonds is 7. The molecule has 19 heavy (non-hydrogen) atoms. The van der Waals surface area contributed by atoms with Crippen LogP contribution >= 0.6 is 15.9 Å². The second kappa shape index (κ2) is 7.96. The Kier molecular flexibility index (Phi) is 6.59. The number of halogens is 1. The summed E-state index contributed by atoms with van der Waals surface area (Å²) in [6.45, 7) is 6.33. The average molecular weight is 327 g/mol. The number of carbonyl (C=O) groups excluding carboxylic acids is 1. The molecule has 0 radical (unpaired) electrons. The Bertz CT molecular complexity index is 449. The Labute approximate surface area is 122 Å². The van der Waals surface area contributed by atoms with Gasteiger partial charge in [0.1, 0.15) is 6.04 Å². The number of hydrogen-bond donors (Lipinski definition) is 2. The molecule has 1 rings (SSSR count). The van der Waals surface area contributed by atoms with Gasteiger partial charge in [0, 0.05) is 29.4 Å². The second-order valence-corrected chi connectivity index (χ2v) is 4.95. The molecule has 0 aromatic heterocycles. The molecule has 4 nitrogen and oxygen atoms in total. The predicted octanol–water partition coefficient (Wildman–Crippen LogP) is 2.70. The summed E-state index contributed by atoms with van der Waals surface area (Å²) < 4.78 is 6.13. The first-order valence-corrected chi connectivity index (χ1v) is 6.81. The number of methoxy groups -OCH3 is 1. The standard InChI is InChI=1S/C14H19BrN2O2/c1-4-8-16-14(18)10(2)17-13-7-5-6-12(15)11(13)9-19-3/h4-7,10,17H,1,8-9H2,2-3H3,(H,16,18). The topological polar surface area (TPSA) is 50.4 Å². The van der Waals surface area contributed by atoms with Crippen molar-refractivity contribution in [2.24, 2.45) is 0 Å². The smallest absolute Gasteiger partial charge is 0.242 e. The molecule has 1 aromatic rings. The van der Waals surface area contributed by atoms with E-state index in [1.165, 1.54) is 0 Å². The lowest BCUT2D eigenvalue weighted by Gasteiger charge is -2.18. The molecule has 1 atom stereocenters. The summed E-state index contributed by atoms with van der Waals surface area (Å²) >= 11 is 3.48. The van der Waals surface area contributed by atoms with E-state index < -0.39 is 0 Å². The van der Waals surface area contributed by atoms with Gasteiger partial charge in [-0.05, 0) is 19.1 Å². The first-order chi connectivity index (χ1) is 9.10. The fourth-order valence-electron chi connectivity index (χ4n) is 1.61. The van der Waals surface area contributed by atoms with E-state index in [-0.39, 0.29) is 11.9 Å². The minimum absolute atomic E-state index is 0.0664. The lowest BCUT2D eigenvalue weighted by molar-refractivity contribution is -0.121. The van der Waals surface area contributed by atoms with Gasteiger partial charge in [-0.15, -0.1) is 6.58 Å². The Hall–Kier alpha value is -1.33. The van der Waals surface area contributed by atoms with E-state index in [1.54, 1.807) is 13.2 Å². The molecule has 1 aromatic carbocycles. The highest BCUT2D eigenvalue weighted by atomic mass is 79.9. The van der Waals surface area contributed by atoms with Crippen molar-refractivity contribution in [1.82, 2.24) is 5.32 Å². The van der Waals surface area contributed by atoms with Crippen molar-refractivity contribution < 1.29 is 9.53 Å². The van der Waals surface area contributed by atoms with Crippen molar-refractivity contribution in [2.45, 2.75) is 19.6 Å². The molecule has 0 saturated carbocycles. The fraction of sp³-hybridized carbons (Fsp3) is 0.357. The maximum atomic E-state index is 11.8. The monoisotopic (exact) mass is 326 g/mol. The van der Waals surface area contributed by atoms with Crippen LogP contribution in [0.1, 0.15) is 12.5 Å². The predicted molar refractivity (Wildman–Crippen MR) is 81.1 cm³/mol. The van der Waals surface area contributed by atoms with Crippen molar-refractivity contribution in [2.75, 3.05) is 19.0 Å². The fourth-order valence-corrected chi connectivity index (χ4v) is 2.09. The summed E-state index contributed by atoms with van der Waals surface area (Å²) in [7, 11) is 1.64. The number of ether oxygens (including phenoxy) is 1. The zero-order chi connectivity index (χ0) is 14.3. The van der Waals surface area contributed by atoms with E-state index in [2.05, 4.69) is 33.1 Å². The van der Waals surface area contributed by atoms with Gasteiger partial charge in [-0.2, -0.15) is 0 Å². The van der Waals surface area contributed by atoms with Gasteiger partial charge in [-0.25, -0.2) is 0 Å². The molecule has 0 bridgehead atoms. The van der Waals surface area contributed by atoms with E-state index in [0.29, 0.717) is 13.2 Å². The molecule has 0 spiro atoms. The number of benzene rings is 1. The van der Waals surface area contributed by atoms with Gasteiger partial charge in [0.25, 0.3) is 0 Å². The quantitative estimate of drug-likeness (QED) is 0.757. The second-order valence-electron chi connectivity index (χ2n) is 4.10. The molecule has 0 heterocycles. The largest absolute Gasteiger partial charge is 0.380 e. The minimum Gasteiger partial charge on any atom is -0.380 e. The third-order valence-corrected chi connectivity index (χ3v) is 3.34. The van der Waals surface area contributed by atoms with Crippen molar-refractivity contribution in [1.29, 1.82) is 0 Å². The van der Waals surface area contributed by atoms with Gasteiger partial charge >= 0.3 is 0 Å². The molecular weight excluding hydrogens is 308 g/mol. The maximum absolute atomic E-state index is 11.8. The van der Waals surface area contributed by atoms with E-state index in [1.807, 2.05) is 25.1 Å². The molecule has 1 unspecified atom stereocenters. The van der Waals surface area contributed by atoms with Crippen LogP contribution in [-0.4, -0.2) is 25.6 Å². The Morgan fingerprint density at radius 1 is 1.58 bits per heavy atom. The lowest BCUT2D eigenvalue weighted by atomic mass is 10.1. The highest BCUT2D eigenvalue weighted by molar-refractivity contribution is 9.10. The number of hydrogen-bond acceptors (Lipinski definition) is 3. The van der Waals surface area contributed by atoms with Crippen molar-refractivity contribution in [3.05, 3.63) is 40.9 Å². The summed E-state index contributed by atoms with van der Waals surface area (Å²) in [6.07, 6.45) is 1.65. The zero-order valence-electron chi connectivity index (χ0n) is 11.2. The van der Waals surface area contributed by atoms with Crippen LogP contribution in [0.5, 0.6) is 0 Å². The summed E-state index contributed by atoms with van der Waals surface area (Å²) in [4.78, 5) is 11.8. The van der Waals surface area contributed by atoms with Crippen LogP contribution < -0.4 is 10.6 Å². The summed E-state index contributed by atoms with van der Waals surface area (Å²) in [5.74, 6) is -0.0664. The van der Waals surface area contributed by atoms with Gasteiger partial charge in [0.2, 0.25) is 5.91 Å². The molecule has 0 fully saturated rings. The molecule has 104 valence electrons. The number of carbonyl (C=O) groups is 1. The Morgan fingerprint density at radius 3 is 2.95 bits per heavy atom. The van der Waals surface area contributed by atoms with Crippen LogP contribution in [0.25, 0.3) is 0 Å². The van der Waals surface area contributed by atoms with E-state index in [4.69, 9.17) is 4.74 Å². The third kappa shape index (κ3) is 4.69. The van der Waals surface area contributed by atoms with Crippen molar-refractivity contribution in [3.8, 4) is 0 Å². The first-order valence-electron chi connectivity index (χ1n) is 6.01. The molecule has 0 aliphatic heterocycles. The van der Waals surface area contributed by atoms with Gasteiger partial charge in [0.05, 0.1) is 6.61 Å². The molecule has 1 amide bonds. The SMILES string of the molecule is C=CCNC(=O)C(C)Nc1cccc(Br)c1COC. The minimum atomic E-state index is -0.329. The highest BCUT2D eigenvalue weighted by Crippen LogP contribution is 2.26. The van der Waals surface area contributed by atoms with Crippen LogP contribution in [0.15, 0.2) is 35.3 Å². The number of amides is 1. The Morgan fingerprint density at radius 2 is 2.32 bits per heavy atom. The summed E-state index contributed by atoms with van der Waals surface area (Å²) in [6, 6.07) is 5.46. The highest BCUT2D eigenvalue weighted by Gasteiger charge is 2.14. The van der Waals surface area contributed by atoms with Crippen LogP contribution in [0.2, 0.25) is 0 Å². The lowest BCUT2D eigenvalue weighted by Crippen LogP contribution is -2.37. The van der Waals surface area contributed by atoms with Crippen molar-refractivity contribution >= 4 is 27.5 Å². The van der Waals surface area contributed by atoms with Crippen LogP contribution in [-0.2, 0) is 16.1 Å². The van der Waals surface area contributed by atoms with Crippen molar-refractivity contribution in [3.63, 3.8) is 0 Å². The third-order valence-electron chi connectivity index (χ3n) is 2.59. The average Bonchev–Trinajstić information content (AvgIpc) is 2.39. The molecule has 0 aliphatic rings. The Balaban J connectivity index is 2.78. The van der Waals surface area contributed by atoms with Gasteiger partial charge in [-0.1, -0.05) is 28.1 Å². The molecule has 5 heteroatoms. The molecule has 0 saturated heterocycles. The van der Waals surface area contributed by atoms with E-state index >= 15 is 0 Å².